The first kappa shape index (κ1) is 13.1. The van der Waals surface area contributed by atoms with E-state index in [1.807, 2.05) is 30.3 Å². The van der Waals surface area contributed by atoms with E-state index in [1.165, 1.54) is 0 Å². The number of rotatable bonds is 4. The molecule has 0 radical (unpaired) electrons. The molecule has 0 unspecified atom stereocenters. The van der Waals surface area contributed by atoms with Crippen LogP contribution in [0, 0.1) is 0 Å². The van der Waals surface area contributed by atoms with E-state index in [0.29, 0.717) is 5.16 Å². The van der Waals surface area contributed by atoms with Gasteiger partial charge >= 0.3 is 0 Å². The SMILES string of the molecule is Nc1nc(N)nc(SCC(=O)Nc2ccccc2)n1. The molecule has 1 aromatic heterocycles. The Hall–Kier alpha value is -2.35. The number of hydrogen-bond donors (Lipinski definition) is 3. The summed E-state index contributed by atoms with van der Waals surface area (Å²) >= 11 is 1.14. The Morgan fingerprint density at radius 3 is 2.37 bits per heavy atom. The average Bonchev–Trinajstić information content (AvgIpc) is 2.36. The zero-order valence-corrected chi connectivity index (χ0v) is 10.7. The van der Waals surface area contributed by atoms with Gasteiger partial charge in [0.15, 0.2) is 5.16 Å². The van der Waals surface area contributed by atoms with Crippen molar-refractivity contribution in [2.75, 3.05) is 22.5 Å². The van der Waals surface area contributed by atoms with Gasteiger partial charge in [0.25, 0.3) is 0 Å². The predicted molar refractivity (Wildman–Crippen MR) is 74.4 cm³/mol. The number of nitrogens with one attached hydrogen (secondary N) is 1. The van der Waals surface area contributed by atoms with E-state index < -0.39 is 0 Å². The van der Waals surface area contributed by atoms with Crippen LogP contribution in [0.15, 0.2) is 35.5 Å². The molecule has 19 heavy (non-hydrogen) atoms. The summed E-state index contributed by atoms with van der Waals surface area (Å²) in [5.74, 6) is 0.0864. The zero-order chi connectivity index (χ0) is 13.7. The highest BCUT2D eigenvalue weighted by Gasteiger charge is 2.07. The first-order chi connectivity index (χ1) is 9.13. The van der Waals surface area contributed by atoms with Gasteiger partial charge in [0.1, 0.15) is 0 Å². The highest BCUT2D eigenvalue weighted by atomic mass is 32.2. The molecular formula is C11H12N6OS. The summed E-state index contributed by atoms with van der Waals surface area (Å²) in [4.78, 5) is 23.1. The second-order valence-corrected chi connectivity index (χ2v) is 4.48. The molecule has 0 fully saturated rings. The third-order valence-electron chi connectivity index (χ3n) is 2.04. The lowest BCUT2D eigenvalue weighted by molar-refractivity contribution is -0.113. The Bertz CT molecular complexity index is 556. The van der Waals surface area contributed by atoms with Gasteiger partial charge in [0, 0.05) is 5.69 Å². The number of para-hydroxylation sites is 1. The van der Waals surface area contributed by atoms with Gasteiger partial charge < -0.3 is 16.8 Å². The van der Waals surface area contributed by atoms with Gasteiger partial charge in [-0.3, -0.25) is 4.79 Å². The van der Waals surface area contributed by atoms with E-state index in [9.17, 15) is 4.79 Å². The average molecular weight is 276 g/mol. The van der Waals surface area contributed by atoms with E-state index in [2.05, 4.69) is 20.3 Å². The minimum absolute atomic E-state index is 0.0402. The van der Waals surface area contributed by atoms with Crippen molar-refractivity contribution in [3.63, 3.8) is 0 Å². The van der Waals surface area contributed by atoms with Crippen LogP contribution < -0.4 is 16.8 Å². The minimum Gasteiger partial charge on any atom is -0.368 e. The molecule has 0 bridgehead atoms. The van der Waals surface area contributed by atoms with Crippen molar-refractivity contribution in [3.05, 3.63) is 30.3 Å². The summed E-state index contributed by atoms with van der Waals surface area (Å²) in [6, 6.07) is 9.18. The molecule has 0 aliphatic heterocycles. The first-order valence-electron chi connectivity index (χ1n) is 5.38. The van der Waals surface area contributed by atoms with Crippen LogP contribution >= 0.6 is 11.8 Å². The lowest BCUT2D eigenvalue weighted by atomic mass is 10.3. The summed E-state index contributed by atoms with van der Waals surface area (Å²) in [5, 5.41) is 3.07. The fourth-order valence-electron chi connectivity index (χ4n) is 1.30. The van der Waals surface area contributed by atoms with Gasteiger partial charge in [0.2, 0.25) is 17.8 Å². The molecule has 0 aliphatic rings. The second kappa shape index (κ2) is 6.01. The number of amides is 1. The van der Waals surface area contributed by atoms with Gasteiger partial charge in [-0.05, 0) is 12.1 Å². The molecule has 0 saturated carbocycles. The number of carbonyl (C=O) groups is 1. The molecule has 8 heteroatoms. The van der Waals surface area contributed by atoms with Crippen molar-refractivity contribution in [1.29, 1.82) is 0 Å². The fraction of sp³-hybridized carbons (Fsp3) is 0.0909. The molecule has 98 valence electrons. The molecule has 1 aromatic carbocycles. The summed E-state index contributed by atoms with van der Waals surface area (Å²) in [7, 11) is 0. The number of hydrogen-bond acceptors (Lipinski definition) is 7. The Morgan fingerprint density at radius 1 is 1.11 bits per heavy atom. The normalized spacial score (nSPS) is 10.1. The Balaban J connectivity index is 1.90. The Morgan fingerprint density at radius 2 is 1.74 bits per heavy atom. The van der Waals surface area contributed by atoms with Crippen LogP contribution in [0.25, 0.3) is 0 Å². The van der Waals surface area contributed by atoms with Crippen LogP contribution in [-0.4, -0.2) is 26.6 Å². The van der Waals surface area contributed by atoms with Crippen LogP contribution in [0.5, 0.6) is 0 Å². The van der Waals surface area contributed by atoms with Crippen LogP contribution in [0.2, 0.25) is 0 Å². The van der Waals surface area contributed by atoms with Crippen molar-refractivity contribution in [2.24, 2.45) is 0 Å². The topological polar surface area (TPSA) is 120 Å². The number of nitrogens with two attached hydrogens (primary N) is 2. The van der Waals surface area contributed by atoms with Crippen LogP contribution in [0.3, 0.4) is 0 Å². The molecule has 0 saturated heterocycles. The molecule has 1 heterocycles. The van der Waals surface area contributed by atoms with E-state index >= 15 is 0 Å². The highest BCUT2D eigenvalue weighted by Crippen LogP contribution is 2.15. The van der Waals surface area contributed by atoms with Gasteiger partial charge in [-0.25, -0.2) is 0 Å². The number of benzene rings is 1. The van der Waals surface area contributed by atoms with E-state index in [-0.39, 0.29) is 23.6 Å². The first-order valence-corrected chi connectivity index (χ1v) is 6.37. The Kier molecular flexibility index (Phi) is 4.14. The van der Waals surface area contributed by atoms with Crippen LogP contribution in [-0.2, 0) is 4.79 Å². The van der Waals surface area contributed by atoms with E-state index in [4.69, 9.17) is 11.5 Å². The van der Waals surface area contributed by atoms with Crippen LogP contribution in [0.1, 0.15) is 0 Å². The Labute approximate surface area is 113 Å². The maximum Gasteiger partial charge on any atom is 0.234 e. The molecule has 2 rings (SSSR count). The third kappa shape index (κ3) is 4.11. The molecular weight excluding hydrogens is 264 g/mol. The molecule has 0 aliphatic carbocycles. The summed E-state index contributed by atoms with van der Waals surface area (Å²) < 4.78 is 0. The van der Waals surface area contributed by atoms with E-state index in [1.54, 1.807) is 0 Å². The quantitative estimate of drug-likeness (QED) is 0.705. The number of nitrogen functional groups attached to an aromatic ring is 2. The van der Waals surface area contributed by atoms with Crippen molar-refractivity contribution in [2.45, 2.75) is 5.16 Å². The van der Waals surface area contributed by atoms with Gasteiger partial charge in [-0.1, -0.05) is 30.0 Å². The van der Waals surface area contributed by atoms with Crippen molar-refractivity contribution in [3.8, 4) is 0 Å². The summed E-state index contributed by atoms with van der Waals surface area (Å²) in [6.45, 7) is 0. The second-order valence-electron chi connectivity index (χ2n) is 3.54. The standard InChI is InChI=1S/C11H12N6OS/c12-9-15-10(13)17-11(16-9)19-6-8(18)14-7-4-2-1-3-5-7/h1-5H,6H2,(H,14,18)(H4,12,13,15,16,17). The maximum atomic E-state index is 11.7. The number of thioether (sulfide) groups is 1. The fourth-order valence-corrected chi connectivity index (χ4v) is 1.95. The number of anilines is 3. The molecule has 0 spiro atoms. The molecule has 7 nitrogen and oxygen atoms in total. The molecule has 0 atom stereocenters. The number of aromatic nitrogens is 3. The third-order valence-corrected chi connectivity index (χ3v) is 2.89. The van der Waals surface area contributed by atoms with Gasteiger partial charge in [0.05, 0.1) is 5.75 Å². The predicted octanol–water partition coefficient (Wildman–Crippen LogP) is 0.767. The number of nitrogens with zero attached hydrogens (tertiary/aromatic N) is 3. The van der Waals surface area contributed by atoms with Crippen molar-refractivity contribution >= 4 is 35.3 Å². The summed E-state index contributed by atoms with van der Waals surface area (Å²) in [5.41, 5.74) is 11.6. The monoisotopic (exact) mass is 276 g/mol. The minimum atomic E-state index is -0.159. The summed E-state index contributed by atoms with van der Waals surface area (Å²) in [6.07, 6.45) is 0. The molecule has 2 aromatic rings. The van der Waals surface area contributed by atoms with Crippen LogP contribution in [0.4, 0.5) is 17.6 Å². The molecule has 1 amide bonds. The van der Waals surface area contributed by atoms with Gasteiger partial charge in [-0.15, -0.1) is 0 Å². The number of carbonyl (C=O) groups excluding carboxylic acids is 1. The zero-order valence-electron chi connectivity index (χ0n) is 9.91. The van der Waals surface area contributed by atoms with Gasteiger partial charge in [-0.2, -0.15) is 15.0 Å². The van der Waals surface area contributed by atoms with Crippen molar-refractivity contribution in [1.82, 2.24) is 15.0 Å². The highest BCUT2D eigenvalue weighted by molar-refractivity contribution is 7.99. The lowest BCUT2D eigenvalue weighted by Gasteiger charge is -2.04. The molecule has 5 N–H and O–H groups in total. The lowest BCUT2D eigenvalue weighted by Crippen LogP contribution is -2.14. The smallest absolute Gasteiger partial charge is 0.234 e. The van der Waals surface area contributed by atoms with Crippen molar-refractivity contribution < 1.29 is 4.79 Å². The maximum absolute atomic E-state index is 11.7. The largest absolute Gasteiger partial charge is 0.368 e. The van der Waals surface area contributed by atoms with E-state index in [0.717, 1.165) is 17.4 Å².